The van der Waals surface area contributed by atoms with E-state index >= 15 is 0 Å². The van der Waals surface area contributed by atoms with Crippen LogP contribution in [0.25, 0.3) is 0 Å². The van der Waals surface area contributed by atoms with Gasteiger partial charge in [0.25, 0.3) is 0 Å². The Morgan fingerprint density at radius 2 is 0.485 bits per heavy atom. The largest absolute Gasteiger partial charge is 0.460 e. The second-order valence-corrected chi connectivity index (χ2v) is 6.15. The summed E-state index contributed by atoms with van der Waals surface area (Å²) in [5, 5.41) is 0. The van der Waals surface area contributed by atoms with Crippen molar-refractivity contribution >= 4 is 0 Å². The van der Waals surface area contributed by atoms with Gasteiger partial charge < -0.3 is 0 Å². The van der Waals surface area contributed by atoms with Crippen LogP contribution in [0.4, 0.5) is 92.2 Å². The smallest absolute Gasteiger partial charge is 0.200 e. The SMILES string of the molecule is CCC(F)(F)C(F)(F)C(F)(F)C(F)(F)C(F)(F)C(F)(F)C(F)(F)C(F)(F)C(F)(F)C(F)(F)F. The third-order valence-electron chi connectivity index (χ3n) is 4.02. The highest BCUT2D eigenvalue weighted by atomic mass is 19.4. The maximum Gasteiger partial charge on any atom is 0.460 e. The summed E-state index contributed by atoms with van der Waals surface area (Å²) in [6, 6.07) is 0. The fraction of sp³-hybridized carbons (Fsp3) is 1.00. The van der Waals surface area contributed by atoms with Crippen molar-refractivity contribution < 1.29 is 92.2 Å². The molecule has 0 unspecified atom stereocenters. The quantitative estimate of drug-likeness (QED) is 0.260. The molecule has 0 aromatic heterocycles. The van der Waals surface area contributed by atoms with Crippen molar-refractivity contribution in [3.8, 4) is 0 Å². The normalized spacial score (nSPS) is 16.9. The predicted molar refractivity (Wildman–Crippen MR) is 60.9 cm³/mol. The average Bonchev–Trinajstić information content (AvgIpc) is 2.59. The van der Waals surface area contributed by atoms with Crippen LogP contribution in [0.1, 0.15) is 13.3 Å². The first-order valence-electron chi connectivity index (χ1n) is 7.28. The van der Waals surface area contributed by atoms with Crippen molar-refractivity contribution in [1.29, 1.82) is 0 Å². The standard InChI is InChI=1S/C12H5F21/c1-2-3(13,14)4(15,16)5(17,18)6(19,20)7(21,22)8(23,24)9(25,26)10(27,28)11(29,30)12(31,32)33/h2H2,1H3. The zero-order valence-corrected chi connectivity index (χ0v) is 14.6. The maximum atomic E-state index is 13.3. The lowest BCUT2D eigenvalue weighted by Gasteiger charge is -2.44. The van der Waals surface area contributed by atoms with E-state index in [1.165, 1.54) is 0 Å². The van der Waals surface area contributed by atoms with Gasteiger partial charge in [-0.1, -0.05) is 6.92 Å². The van der Waals surface area contributed by atoms with Crippen molar-refractivity contribution in [2.75, 3.05) is 0 Å². The molecule has 0 aromatic rings. The second-order valence-electron chi connectivity index (χ2n) is 6.15. The maximum absolute atomic E-state index is 13.3. The lowest BCUT2D eigenvalue weighted by atomic mass is 9.86. The highest BCUT2D eigenvalue weighted by Gasteiger charge is 2.97. The Morgan fingerprint density at radius 1 is 0.303 bits per heavy atom. The van der Waals surface area contributed by atoms with Gasteiger partial charge in [0, 0.05) is 6.42 Å². The Labute approximate surface area is 166 Å². The van der Waals surface area contributed by atoms with E-state index in [-0.39, 0.29) is 6.92 Å². The second kappa shape index (κ2) is 7.51. The molecule has 33 heavy (non-hydrogen) atoms. The first-order valence-corrected chi connectivity index (χ1v) is 7.28. The van der Waals surface area contributed by atoms with Gasteiger partial charge in [-0.25, -0.2) is 0 Å². The van der Waals surface area contributed by atoms with Gasteiger partial charge in [-0.05, 0) is 0 Å². The van der Waals surface area contributed by atoms with E-state index in [9.17, 15) is 92.2 Å². The van der Waals surface area contributed by atoms with Crippen molar-refractivity contribution in [1.82, 2.24) is 0 Å². The number of hydrogen-bond donors (Lipinski definition) is 0. The number of rotatable bonds is 9. The molecule has 0 fully saturated rings. The summed E-state index contributed by atoms with van der Waals surface area (Å²) >= 11 is 0. The van der Waals surface area contributed by atoms with E-state index in [4.69, 9.17) is 0 Å². The predicted octanol–water partition coefficient (Wildman–Crippen LogP) is 7.68. The van der Waals surface area contributed by atoms with Crippen LogP contribution in [0.3, 0.4) is 0 Å². The molecule has 0 radical (unpaired) electrons. The molecule has 0 amide bonds. The summed E-state index contributed by atoms with van der Waals surface area (Å²) in [5.41, 5.74) is 0. The lowest BCUT2D eigenvalue weighted by Crippen LogP contribution is -2.76. The molecule has 21 heteroatoms. The van der Waals surface area contributed by atoms with E-state index < -0.39 is 65.9 Å². The third-order valence-corrected chi connectivity index (χ3v) is 4.02. The molecule has 0 spiro atoms. The van der Waals surface area contributed by atoms with Crippen LogP contribution in [0.5, 0.6) is 0 Å². The minimum absolute atomic E-state index is 0.192. The van der Waals surface area contributed by atoms with E-state index in [0.29, 0.717) is 0 Å². The van der Waals surface area contributed by atoms with Crippen LogP contribution in [-0.4, -0.2) is 59.5 Å². The number of hydrogen-bond acceptors (Lipinski definition) is 0. The van der Waals surface area contributed by atoms with Gasteiger partial charge in [0.1, 0.15) is 0 Å². The summed E-state index contributed by atoms with van der Waals surface area (Å²) in [6.07, 6.45) is -10.6. The summed E-state index contributed by atoms with van der Waals surface area (Å²) in [7, 11) is 0. The molecule has 0 aliphatic carbocycles. The number of halogens is 21. The molecule has 0 aliphatic heterocycles. The fourth-order valence-corrected chi connectivity index (χ4v) is 1.81. The molecule has 0 atom stereocenters. The van der Waals surface area contributed by atoms with Gasteiger partial charge in [-0.15, -0.1) is 0 Å². The van der Waals surface area contributed by atoms with E-state index in [1.807, 2.05) is 0 Å². The van der Waals surface area contributed by atoms with E-state index in [1.54, 1.807) is 0 Å². The topological polar surface area (TPSA) is 0 Å². The Balaban J connectivity index is 7.03. The first kappa shape index (κ1) is 31.5. The van der Waals surface area contributed by atoms with Crippen molar-refractivity contribution in [2.45, 2.75) is 72.8 Å². The average molecular weight is 548 g/mol. The van der Waals surface area contributed by atoms with Gasteiger partial charge >= 0.3 is 59.5 Å². The molecular formula is C12H5F21. The van der Waals surface area contributed by atoms with Gasteiger partial charge in [-0.2, -0.15) is 92.2 Å². The van der Waals surface area contributed by atoms with Crippen LogP contribution in [0.15, 0.2) is 0 Å². The van der Waals surface area contributed by atoms with Crippen molar-refractivity contribution in [3.63, 3.8) is 0 Å². The van der Waals surface area contributed by atoms with E-state index in [2.05, 4.69) is 0 Å². The zero-order chi connectivity index (χ0) is 27.7. The van der Waals surface area contributed by atoms with Gasteiger partial charge in [0.2, 0.25) is 0 Å². The van der Waals surface area contributed by atoms with Crippen LogP contribution in [0.2, 0.25) is 0 Å². The Kier molecular flexibility index (Phi) is 7.18. The number of alkyl halides is 21. The third kappa shape index (κ3) is 3.65. The Bertz CT molecular complexity index is 709. The molecule has 0 rings (SSSR count). The van der Waals surface area contributed by atoms with E-state index in [0.717, 1.165) is 0 Å². The van der Waals surface area contributed by atoms with Crippen LogP contribution in [-0.2, 0) is 0 Å². The minimum atomic E-state index is -9.12. The van der Waals surface area contributed by atoms with Crippen LogP contribution < -0.4 is 0 Å². The summed E-state index contributed by atoms with van der Waals surface area (Å²) < 4.78 is 271. The van der Waals surface area contributed by atoms with Gasteiger partial charge in [0.15, 0.2) is 0 Å². The molecule has 200 valence electrons. The summed E-state index contributed by atoms with van der Waals surface area (Å²) in [5.74, 6) is -76.2. The fourth-order valence-electron chi connectivity index (χ4n) is 1.81. The minimum Gasteiger partial charge on any atom is -0.200 e. The first-order chi connectivity index (χ1) is 13.8. The molecule has 0 saturated heterocycles. The zero-order valence-electron chi connectivity index (χ0n) is 14.6. The molecular weight excluding hydrogens is 543 g/mol. The molecule has 0 N–H and O–H groups in total. The summed E-state index contributed by atoms with van der Waals surface area (Å²) in [6.45, 7) is -0.192. The van der Waals surface area contributed by atoms with Gasteiger partial charge in [0.05, 0.1) is 0 Å². The highest BCUT2D eigenvalue weighted by molar-refractivity contribution is 5.17. The molecule has 0 saturated carbocycles. The molecule has 0 nitrogen and oxygen atoms in total. The molecule has 0 aliphatic rings. The summed E-state index contributed by atoms with van der Waals surface area (Å²) in [4.78, 5) is 0. The Hall–Kier alpha value is -1.47. The highest BCUT2D eigenvalue weighted by Crippen LogP contribution is 2.66. The lowest BCUT2D eigenvalue weighted by molar-refractivity contribution is -0.474. The van der Waals surface area contributed by atoms with Crippen LogP contribution >= 0.6 is 0 Å². The monoisotopic (exact) mass is 548 g/mol. The van der Waals surface area contributed by atoms with Crippen LogP contribution in [0, 0.1) is 0 Å². The van der Waals surface area contributed by atoms with Gasteiger partial charge in [-0.3, -0.25) is 0 Å². The molecule has 0 bridgehead atoms. The molecule has 0 aromatic carbocycles. The van der Waals surface area contributed by atoms with Crippen molar-refractivity contribution in [2.24, 2.45) is 0 Å². The molecule has 0 heterocycles. The Morgan fingerprint density at radius 3 is 0.667 bits per heavy atom. The van der Waals surface area contributed by atoms with Crippen molar-refractivity contribution in [3.05, 3.63) is 0 Å².